The van der Waals surface area contributed by atoms with Crippen LogP contribution in [0.2, 0.25) is 0 Å². The van der Waals surface area contributed by atoms with Gasteiger partial charge in [-0.1, -0.05) is 12.1 Å². The van der Waals surface area contributed by atoms with Crippen molar-refractivity contribution in [3.05, 3.63) is 58.1 Å². The van der Waals surface area contributed by atoms with Gasteiger partial charge in [0.05, 0.1) is 19.1 Å². The van der Waals surface area contributed by atoms with E-state index in [2.05, 4.69) is 10.6 Å². The standard InChI is InChI=1S/C18H21N3O5/c1-12(20-14-5-4-6-15(10-14)21(23)24)18(22)19-11-13-7-8-16(25-2)17(9-13)26-3/h4-10,12,20H,11H2,1-3H3,(H,19,22)/t12-/m1/s1. The third kappa shape index (κ3) is 4.85. The van der Waals surface area contributed by atoms with E-state index < -0.39 is 11.0 Å². The van der Waals surface area contributed by atoms with Crippen LogP contribution in [0.4, 0.5) is 11.4 Å². The Kier molecular flexibility index (Phi) is 6.37. The van der Waals surface area contributed by atoms with Crippen LogP contribution in [0.5, 0.6) is 11.5 Å². The number of hydrogen-bond donors (Lipinski definition) is 2. The number of nitro groups is 1. The lowest BCUT2D eigenvalue weighted by molar-refractivity contribution is -0.384. The Bertz CT molecular complexity index is 794. The summed E-state index contributed by atoms with van der Waals surface area (Å²) in [4.78, 5) is 22.6. The molecule has 0 fully saturated rings. The number of ether oxygens (including phenoxy) is 2. The molecule has 0 aliphatic heterocycles. The molecule has 2 rings (SSSR count). The van der Waals surface area contributed by atoms with Crippen LogP contribution >= 0.6 is 0 Å². The second-order valence-electron chi connectivity index (χ2n) is 5.58. The number of carbonyl (C=O) groups excluding carboxylic acids is 1. The number of hydrogen-bond acceptors (Lipinski definition) is 6. The van der Waals surface area contributed by atoms with Crippen molar-refractivity contribution in [3.63, 3.8) is 0 Å². The van der Waals surface area contributed by atoms with Gasteiger partial charge in [0.2, 0.25) is 5.91 Å². The minimum absolute atomic E-state index is 0.0343. The molecule has 26 heavy (non-hydrogen) atoms. The van der Waals surface area contributed by atoms with Crippen LogP contribution in [0.15, 0.2) is 42.5 Å². The van der Waals surface area contributed by atoms with Gasteiger partial charge < -0.3 is 20.1 Å². The highest BCUT2D eigenvalue weighted by atomic mass is 16.6. The van der Waals surface area contributed by atoms with Gasteiger partial charge in [-0.2, -0.15) is 0 Å². The first-order chi connectivity index (χ1) is 12.4. The summed E-state index contributed by atoms with van der Waals surface area (Å²) in [5.41, 5.74) is 1.33. The highest BCUT2D eigenvalue weighted by Crippen LogP contribution is 2.27. The maximum Gasteiger partial charge on any atom is 0.271 e. The number of non-ortho nitro benzene ring substituents is 1. The second kappa shape index (κ2) is 8.70. The summed E-state index contributed by atoms with van der Waals surface area (Å²) < 4.78 is 10.4. The van der Waals surface area contributed by atoms with E-state index in [9.17, 15) is 14.9 Å². The lowest BCUT2D eigenvalue weighted by atomic mass is 10.2. The van der Waals surface area contributed by atoms with E-state index in [1.807, 2.05) is 6.07 Å². The minimum atomic E-state index is -0.558. The molecule has 2 N–H and O–H groups in total. The molecule has 2 aromatic rings. The number of methoxy groups -OCH3 is 2. The summed E-state index contributed by atoms with van der Waals surface area (Å²) >= 11 is 0. The lowest BCUT2D eigenvalue weighted by Crippen LogP contribution is -2.37. The first kappa shape index (κ1) is 19.0. The monoisotopic (exact) mass is 359 g/mol. The highest BCUT2D eigenvalue weighted by Gasteiger charge is 2.14. The molecule has 0 spiro atoms. The molecule has 1 atom stereocenters. The van der Waals surface area contributed by atoms with Gasteiger partial charge in [-0.15, -0.1) is 0 Å². The van der Waals surface area contributed by atoms with Gasteiger partial charge in [0.15, 0.2) is 11.5 Å². The summed E-state index contributed by atoms with van der Waals surface area (Å²) in [5, 5.41) is 16.6. The third-order valence-electron chi connectivity index (χ3n) is 3.75. The number of benzene rings is 2. The number of amides is 1. The fourth-order valence-corrected chi connectivity index (χ4v) is 2.36. The Morgan fingerprint density at radius 2 is 1.88 bits per heavy atom. The van der Waals surface area contributed by atoms with Gasteiger partial charge in [-0.25, -0.2) is 0 Å². The number of carbonyl (C=O) groups is 1. The maximum absolute atomic E-state index is 12.3. The average molecular weight is 359 g/mol. The molecule has 0 heterocycles. The van der Waals surface area contributed by atoms with Gasteiger partial charge in [0.25, 0.3) is 5.69 Å². The predicted molar refractivity (Wildman–Crippen MR) is 97.6 cm³/mol. The van der Waals surface area contributed by atoms with E-state index in [-0.39, 0.29) is 11.6 Å². The largest absolute Gasteiger partial charge is 0.493 e. The van der Waals surface area contributed by atoms with Crippen LogP contribution in [0, 0.1) is 10.1 Å². The molecule has 0 bridgehead atoms. The van der Waals surface area contributed by atoms with Gasteiger partial charge in [0.1, 0.15) is 6.04 Å². The van der Waals surface area contributed by atoms with Crippen LogP contribution < -0.4 is 20.1 Å². The summed E-state index contributed by atoms with van der Waals surface area (Å²) in [6.07, 6.45) is 0. The van der Waals surface area contributed by atoms with E-state index in [0.29, 0.717) is 23.7 Å². The van der Waals surface area contributed by atoms with Crippen molar-refractivity contribution < 1.29 is 19.2 Å². The smallest absolute Gasteiger partial charge is 0.271 e. The van der Waals surface area contributed by atoms with Gasteiger partial charge in [-0.05, 0) is 30.7 Å². The SMILES string of the molecule is COc1ccc(CNC(=O)[C@@H](C)Nc2cccc([N+](=O)[O-])c2)cc1OC. The summed E-state index contributed by atoms with van der Waals surface area (Å²) in [5.74, 6) is 0.969. The Morgan fingerprint density at radius 1 is 1.15 bits per heavy atom. The minimum Gasteiger partial charge on any atom is -0.493 e. The first-order valence-electron chi connectivity index (χ1n) is 7.94. The van der Waals surface area contributed by atoms with Gasteiger partial charge in [0, 0.05) is 24.4 Å². The fourth-order valence-electron chi connectivity index (χ4n) is 2.36. The third-order valence-corrected chi connectivity index (χ3v) is 3.75. The van der Waals surface area contributed by atoms with E-state index in [1.54, 1.807) is 45.4 Å². The number of nitro benzene ring substituents is 1. The number of nitrogens with zero attached hydrogens (tertiary/aromatic N) is 1. The zero-order chi connectivity index (χ0) is 19.1. The van der Waals surface area contributed by atoms with Crippen molar-refractivity contribution in [1.29, 1.82) is 0 Å². The highest BCUT2D eigenvalue weighted by molar-refractivity contribution is 5.84. The molecule has 8 heteroatoms. The van der Waals surface area contributed by atoms with Crippen molar-refractivity contribution in [2.45, 2.75) is 19.5 Å². The van der Waals surface area contributed by atoms with Crippen molar-refractivity contribution in [2.24, 2.45) is 0 Å². The number of rotatable bonds is 8. The lowest BCUT2D eigenvalue weighted by Gasteiger charge is -2.16. The Labute approximate surface area is 151 Å². The van der Waals surface area contributed by atoms with Crippen molar-refractivity contribution in [2.75, 3.05) is 19.5 Å². The molecular weight excluding hydrogens is 338 g/mol. The Balaban J connectivity index is 1.95. The van der Waals surface area contributed by atoms with Crippen LogP contribution in [-0.2, 0) is 11.3 Å². The molecule has 0 radical (unpaired) electrons. The van der Waals surface area contributed by atoms with Crippen LogP contribution in [0.3, 0.4) is 0 Å². The van der Waals surface area contributed by atoms with E-state index in [0.717, 1.165) is 5.56 Å². The Hall–Kier alpha value is -3.29. The Morgan fingerprint density at radius 3 is 2.54 bits per heavy atom. The average Bonchev–Trinajstić information content (AvgIpc) is 2.65. The molecule has 0 unspecified atom stereocenters. The van der Waals surface area contributed by atoms with Crippen LogP contribution in [-0.4, -0.2) is 31.1 Å². The zero-order valence-corrected chi connectivity index (χ0v) is 14.8. The molecule has 2 aromatic carbocycles. The molecule has 0 saturated heterocycles. The summed E-state index contributed by atoms with van der Waals surface area (Å²) in [6, 6.07) is 10.9. The molecule has 0 aromatic heterocycles. The zero-order valence-electron chi connectivity index (χ0n) is 14.8. The quantitative estimate of drug-likeness (QED) is 0.555. The van der Waals surface area contributed by atoms with Gasteiger partial charge in [-0.3, -0.25) is 14.9 Å². The van der Waals surface area contributed by atoms with Crippen molar-refractivity contribution >= 4 is 17.3 Å². The molecular formula is C18H21N3O5. The molecule has 8 nitrogen and oxygen atoms in total. The predicted octanol–water partition coefficient (Wildman–Crippen LogP) is 2.73. The fraction of sp³-hybridized carbons (Fsp3) is 0.278. The van der Waals surface area contributed by atoms with Gasteiger partial charge >= 0.3 is 0 Å². The van der Waals surface area contributed by atoms with Crippen molar-refractivity contribution in [3.8, 4) is 11.5 Å². The van der Waals surface area contributed by atoms with Crippen molar-refractivity contribution in [1.82, 2.24) is 5.32 Å². The maximum atomic E-state index is 12.3. The van der Waals surface area contributed by atoms with Crippen LogP contribution in [0.1, 0.15) is 12.5 Å². The van der Waals surface area contributed by atoms with E-state index in [1.165, 1.54) is 12.1 Å². The van der Waals surface area contributed by atoms with E-state index >= 15 is 0 Å². The topological polar surface area (TPSA) is 103 Å². The molecule has 0 aliphatic carbocycles. The second-order valence-corrected chi connectivity index (χ2v) is 5.58. The molecule has 0 saturated carbocycles. The number of anilines is 1. The van der Waals surface area contributed by atoms with Crippen LogP contribution in [0.25, 0.3) is 0 Å². The summed E-state index contributed by atoms with van der Waals surface area (Å²) in [6.45, 7) is 2.00. The molecule has 0 aliphatic rings. The molecule has 138 valence electrons. The summed E-state index contributed by atoms with van der Waals surface area (Å²) in [7, 11) is 3.10. The van der Waals surface area contributed by atoms with E-state index in [4.69, 9.17) is 9.47 Å². The first-order valence-corrected chi connectivity index (χ1v) is 7.94. The number of nitrogens with one attached hydrogen (secondary N) is 2. The molecule has 1 amide bonds. The normalized spacial score (nSPS) is 11.3.